The summed E-state index contributed by atoms with van der Waals surface area (Å²) in [6.07, 6.45) is 2.15. The smallest absolute Gasteiger partial charge is 0.324 e. The highest BCUT2D eigenvalue weighted by molar-refractivity contribution is 6.30. The summed E-state index contributed by atoms with van der Waals surface area (Å²) in [5.74, 6) is 0.942. The molecule has 2 aliphatic rings. The van der Waals surface area contributed by atoms with Gasteiger partial charge in [-0.25, -0.2) is 4.79 Å². The molecule has 0 aromatic heterocycles. The van der Waals surface area contributed by atoms with Gasteiger partial charge in [-0.05, 0) is 56.6 Å². The topological polar surface area (TPSA) is 39.3 Å². The van der Waals surface area contributed by atoms with E-state index >= 15 is 0 Å². The summed E-state index contributed by atoms with van der Waals surface area (Å²) in [4.78, 5) is 21.5. The molecule has 2 saturated heterocycles. The van der Waals surface area contributed by atoms with Gasteiger partial charge in [0.25, 0.3) is 0 Å². The average molecular weight is 457 g/mol. The third-order valence-electron chi connectivity index (χ3n) is 6.23. The second-order valence-corrected chi connectivity index (χ2v) is 8.80. The minimum atomic E-state index is 0.0927. The van der Waals surface area contributed by atoms with Crippen molar-refractivity contribution < 1.29 is 9.53 Å². The number of carbonyl (C=O) groups is 1. The zero-order valence-electron chi connectivity index (χ0n) is 18.9. The molecule has 2 amide bonds. The molecule has 2 aromatic rings. The molecule has 2 fully saturated rings. The number of hydrogen-bond donors (Lipinski definition) is 0. The van der Waals surface area contributed by atoms with Crippen LogP contribution in [-0.2, 0) is 0 Å². The van der Waals surface area contributed by atoms with Crippen LogP contribution < -0.4 is 14.5 Å². The Bertz CT molecular complexity index is 901. The minimum Gasteiger partial charge on any atom is -0.494 e. The van der Waals surface area contributed by atoms with E-state index in [-0.39, 0.29) is 6.03 Å². The van der Waals surface area contributed by atoms with Crippen molar-refractivity contribution in [1.82, 2.24) is 9.80 Å². The molecule has 172 valence electrons. The molecule has 0 atom stereocenters. The highest BCUT2D eigenvalue weighted by Gasteiger charge is 2.29. The van der Waals surface area contributed by atoms with E-state index in [1.165, 1.54) is 5.69 Å². The summed E-state index contributed by atoms with van der Waals surface area (Å²) >= 11 is 6.08. The van der Waals surface area contributed by atoms with Crippen molar-refractivity contribution in [2.45, 2.75) is 19.8 Å². The van der Waals surface area contributed by atoms with Crippen molar-refractivity contribution in [2.75, 3.05) is 68.8 Å². The van der Waals surface area contributed by atoms with Crippen molar-refractivity contribution in [3.63, 3.8) is 0 Å². The molecule has 0 unspecified atom stereocenters. The Kier molecular flexibility index (Phi) is 7.76. The first kappa shape index (κ1) is 22.7. The Morgan fingerprint density at radius 1 is 0.875 bits per heavy atom. The van der Waals surface area contributed by atoms with Crippen LogP contribution in [0.5, 0.6) is 5.75 Å². The Morgan fingerprint density at radius 2 is 1.62 bits per heavy atom. The highest BCUT2D eigenvalue weighted by atomic mass is 35.5. The number of unbranched alkanes of at least 4 members (excludes halogenated alkanes) is 1. The Hall–Kier alpha value is -2.44. The lowest BCUT2D eigenvalue weighted by Crippen LogP contribution is -2.46. The lowest BCUT2D eigenvalue weighted by atomic mass is 10.2. The Labute approximate surface area is 196 Å². The van der Waals surface area contributed by atoms with Crippen LogP contribution in [0.1, 0.15) is 19.8 Å². The standard InChI is InChI=1S/C25H33ClN4O2/c1-2-32-24-10-6-8-22(20-24)28-15-13-27(14-16-28)11-3-4-12-29-17-18-30(25(29)31)23-9-5-7-21(26)19-23/h5-10,19-20H,2-4,11-18H2,1H3. The van der Waals surface area contributed by atoms with Crippen LogP contribution in [0.3, 0.4) is 0 Å². The van der Waals surface area contributed by atoms with E-state index in [1.54, 1.807) is 0 Å². The predicted molar refractivity (Wildman–Crippen MR) is 131 cm³/mol. The van der Waals surface area contributed by atoms with Gasteiger partial charge in [0.1, 0.15) is 5.75 Å². The van der Waals surface area contributed by atoms with Gasteiger partial charge in [0, 0.05) is 68.3 Å². The maximum Gasteiger partial charge on any atom is 0.324 e. The molecule has 0 saturated carbocycles. The molecule has 2 aliphatic heterocycles. The van der Waals surface area contributed by atoms with E-state index in [0.29, 0.717) is 11.6 Å². The van der Waals surface area contributed by atoms with Crippen LogP contribution in [-0.4, -0.2) is 74.8 Å². The number of nitrogens with zero attached hydrogens (tertiary/aromatic N) is 4. The van der Waals surface area contributed by atoms with E-state index in [2.05, 4.69) is 28.0 Å². The van der Waals surface area contributed by atoms with Gasteiger partial charge in [0.05, 0.1) is 6.61 Å². The number of piperazine rings is 1. The van der Waals surface area contributed by atoms with Crippen molar-refractivity contribution in [3.05, 3.63) is 53.6 Å². The van der Waals surface area contributed by atoms with Gasteiger partial charge in [-0.1, -0.05) is 23.7 Å². The first-order valence-electron chi connectivity index (χ1n) is 11.7. The van der Waals surface area contributed by atoms with E-state index in [4.69, 9.17) is 16.3 Å². The summed E-state index contributed by atoms with van der Waals surface area (Å²) in [5.41, 5.74) is 2.13. The quantitative estimate of drug-likeness (QED) is 0.517. The molecule has 0 spiro atoms. The summed E-state index contributed by atoms with van der Waals surface area (Å²) in [5, 5.41) is 0.663. The van der Waals surface area contributed by atoms with E-state index in [9.17, 15) is 4.79 Å². The van der Waals surface area contributed by atoms with Crippen LogP contribution >= 0.6 is 11.6 Å². The molecule has 4 rings (SSSR count). The predicted octanol–water partition coefficient (Wildman–Crippen LogP) is 4.58. The minimum absolute atomic E-state index is 0.0927. The van der Waals surface area contributed by atoms with E-state index in [1.807, 2.05) is 47.1 Å². The van der Waals surface area contributed by atoms with Crippen LogP contribution in [0, 0.1) is 0 Å². The second-order valence-electron chi connectivity index (χ2n) is 8.37. The summed E-state index contributed by atoms with van der Waals surface area (Å²) in [7, 11) is 0. The molecule has 0 bridgehead atoms. The van der Waals surface area contributed by atoms with Crippen LogP contribution in [0.4, 0.5) is 16.2 Å². The number of halogens is 1. The second kappa shape index (κ2) is 10.9. The number of amides is 2. The fourth-order valence-electron chi connectivity index (χ4n) is 4.48. The lowest BCUT2D eigenvalue weighted by Gasteiger charge is -2.36. The van der Waals surface area contributed by atoms with Crippen LogP contribution in [0.2, 0.25) is 5.02 Å². The van der Waals surface area contributed by atoms with Gasteiger partial charge >= 0.3 is 6.03 Å². The van der Waals surface area contributed by atoms with Crippen molar-refractivity contribution in [1.29, 1.82) is 0 Å². The Morgan fingerprint density at radius 3 is 2.41 bits per heavy atom. The van der Waals surface area contributed by atoms with Gasteiger partial charge < -0.3 is 14.5 Å². The average Bonchev–Trinajstić information content (AvgIpc) is 3.18. The molecule has 2 heterocycles. The zero-order valence-corrected chi connectivity index (χ0v) is 19.6. The lowest BCUT2D eigenvalue weighted by molar-refractivity contribution is 0.216. The maximum atomic E-state index is 12.7. The molecule has 0 N–H and O–H groups in total. The summed E-state index contributed by atoms with van der Waals surface area (Å²) < 4.78 is 5.64. The molecule has 0 radical (unpaired) electrons. The van der Waals surface area contributed by atoms with E-state index < -0.39 is 0 Å². The summed E-state index contributed by atoms with van der Waals surface area (Å²) in [6, 6.07) is 16.0. The van der Waals surface area contributed by atoms with E-state index in [0.717, 1.165) is 76.6 Å². The molecule has 7 heteroatoms. The van der Waals surface area contributed by atoms with Gasteiger partial charge in [-0.15, -0.1) is 0 Å². The maximum absolute atomic E-state index is 12.7. The van der Waals surface area contributed by atoms with Crippen molar-refractivity contribution >= 4 is 29.0 Å². The van der Waals surface area contributed by atoms with Crippen molar-refractivity contribution in [2.24, 2.45) is 0 Å². The molecule has 6 nitrogen and oxygen atoms in total. The number of carbonyl (C=O) groups excluding carboxylic acids is 1. The monoisotopic (exact) mass is 456 g/mol. The largest absolute Gasteiger partial charge is 0.494 e. The van der Waals surface area contributed by atoms with Gasteiger partial charge in [0.15, 0.2) is 0 Å². The van der Waals surface area contributed by atoms with Crippen LogP contribution in [0.25, 0.3) is 0 Å². The number of urea groups is 1. The van der Waals surface area contributed by atoms with Gasteiger partial charge in [-0.3, -0.25) is 9.80 Å². The number of ether oxygens (including phenoxy) is 1. The number of hydrogen-bond acceptors (Lipinski definition) is 4. The van der Waals surface area contributed by atoms with Crippen LogP contribution in [0.15, 0.2) is 48.5 Å². The van der Waals surface area contributed by atoms with Crippen molar-refractivity contribution in [3.8, 4) is 5.75 Å². The molecular weight excluding hydrogens is 424 g/mol. The fourth-order valence-corrected chi connectivity index (χ4v) is 4.66. The normalized spacial score (nSPS) is 17.3. The molecule has 32 heavy (non-hydrogen) atoms. The van der Waals surface area contributed by atoms with Gasteiger partial charge in [-0.2, -0.15) is 0 Å². The zero-order chi connectivity index (χ0) is 22.3. The SMILES string of the molecule is CCOc1cccc(N2CCN(CCCCN3CCN(c4cccc(Cl)c4)C3=O)CC2)c1. The third kappa shape index (κ3) is 5.67. The molecular formula is C25H33ClN4O2. The Balaban J connectivity index is 1.16. The third-order valence-corrected chi connectivity index (χ3v) is 6.47. The first-order chi connectivity index (χ1) is 15.6. The highest BCUT2D eigenvalue weighted by Crippen LogP contribution is 2.24. The molecule has 2 aromatic carbocycles. The fraction of sp³-hybridized carbons (Fsp3) is 0.480. The number of anilines is 2. The van der Waals surface area contributed by atoms with Gasteiger partial charge in [0.2, 0.25) is 0 Å². The summed E-state index contributed by atoms with van der Waals surface area (Å²) in [6.45, 7) is 10.3. The molecule has 0 aliphatic carbocycles. The number of rotatable bonds is 9. The number of benzene rings is 2. The first-order valence-corrected chi connectivity index (χ1v) is 12.0.